The second-order valence-electron chi connectivity index (χ2n) is 7.13. The molecular weight excluding hydrogens is 434 g/mol. The molecule has 0 aromatic heterocycles. The molecule has 0 radical (unpaired) electrons. The maximum absolute atomic E-state index is 13.7. The van der Waals surface area contributed by atoms with Crippen LogP contribution < -0.4 is 5.32 Å². The molecule has 2 nitrogen and oxygen atoms in total. The lowest BCUT2D eigenvalue weighted by Gasteiger charge is -2.25. The van der Waals surface area contributed by atoms with Crippen LogP contribution in [0.2, 0.25) is 0 Å². The van der Waals surface area contributed by atoms with Gasteiger partial charge >= 0.3 is 0 Å². The van der Waals surface area contributed by atoms with Crippen molar-refractivity contribution in [2.75, 3.05) is 0 Å². The molecule has 0 unspecified atom stereocenters. The Bertz CT molecular complexity index is 1060. The van der Waals surface area contributed by atoms with Gasteiger partial charge in [-0.15, -0.1) is 0 Å². The van der Waals surface area contributed by atoms with E-state index in [1.807, 2.05) is 115 Å². The highest BCUT2D eigenvalue weighted by molar-refractivity contribution is 9.10. The average Bonchev–Trinajstić information content (AvgIpc) is 2.80. The first kappa shape index (κ1) is 20.1. The molecule has 0 saturated carbocycles. The third-order valence-corrected chi connectivity index (χ3v) is 5.89. The smallest absolute Gasteiger partial charge is 0.232 e. The fourth-order valence-electron chi connectivity index (χ4n) is 3.71. The zero-order chi connectivity index (χ0) is 20.8. The molecular formula is C27H22BrNO. The van der Waals surface area contributed by atoms with Crippen molar-refractivity contribution in [3.05, 3.63) is 142 Å². The van der Waals surface area contributed by atoms with Gasteiger partial charge in [-0.1, -0.05) is 125 Å². The van der Waals surface area contributed by atoms with Gasteiger partial charge in [0.15, 0.2) is 0 Å². The molecule has 1 N–H and O–H groups in total. The van der Waals surface area contributed by atoms with Crippen LogP contribution in [0.1, 0.15) is 34.2 Å². The van der Waals surface area contributed by atoms with Crippen molar-refractivity contribution >= 4 is 21.8 Å². The van der Waals surface area contributed by atoms with E-state index in [1.165, 1.54) is 0 Å². The summed E-state index contributed by atoms with van der Waals surface area (Å²) >= 11 is 3.66. The number of carbonyl (C=O) groups is 1. The van der Waals surface area contributed by atoms with E-state index >= 15 is 0 Å². The Morgan fingerprint density at radius 2 is 1.03 bits per heavy atom. The molecule has 0 aliphatic carbocycles. The Kier molecular flexibility index (Phi) is 6.41. The zero-order valence-corrected chi connectivity index (χ0v) is 18.0. The number of rotatable bonds is 6. The summed E-state index contributed by atoms with van der Waals surface area (Å²) in [5, 5.41) is 3.32. The van der Waals surface area contributed by atoms with Crippen molar-refractivity contribution in [2.45, 2.75) is 12.0 Å². The van der Waals surface area contributed by atoms with Gasteiger partial charge in [-0.3, -0.25) is 4.79 Å². The molecule has 3 heteroatoms. The van der Waals surface area contributed by atoms with Gasteiger partial charge in [0.05, 0.1) is 12.0 Å². The Balaban J connectivity index is 1.74. The molecule has 0 bridgehead atoms. The van der Waals surface area contributed by atoms with E-state index < -0.39 is 0 Å². The summed E-state index contributed by atoms with van der Waals surface area (Å²) in [6, 6.07) is 37.7. The third kappa shape index (κ3) is 4.52. The van der Waals surface area contributed by atoms with Crippen LogP contribution in [0, 0.1) is 0 Å². The minimum atomic E-state index is -0.388. The van der Waals surface area contributed by atoms with Crippen LogP contribution in [0.5, 0.6) is 0 Å². The molecule has 0 saturated heterocycles. The standard InChI is InChI=1S/C27H22BrNO/c28-24-19-11-10-18-23(24)26(22-16-8-3-9-17-22)29-27(30)25(20-12-4-1-5-13-20)21-14-6-2-7-15-21/h1-19,25-26H,(H,29,30)/t26-/m0/s1. The first-order valence-corrected chi connectivity index (χ1v) is 10.7. The van der Waals surface area contributed by atoms with E-state index in [2.05, 4.69) is 21.2 Å². The van der Waals surface area contributed by atoms with E-state index in [9.17, 15) is 4.79 Å². The summed E-state index contributed by atoms with van der Waals surface area (Å²) in [7, 11) is 0. The second kappa shape index (κ2) is 9.55. The van der Waals surface area contributed by atoms with Gasteiger partial charge in [0.2, 0.25) is 5.91 Å². The van der Waals surface area contributed by atoms with Crippen LogP contribution in [0.4, 0.5) is 0 Å². The fraction of sp³-hybridized carbons (Fsp3) is 0.0741. The Morgan fingerprint density at radius 1 is 0.600 bits per heavy atom. The van der Waals surface area contributed by atoms with Crippen molar-refractivity contribution in [3.63, 3.8) is 0 Å². The van der Waals surface area contributed by atoms with Crippen molar-refractivity contribution in [1.29, 1.82) is 0 Å². The molecule has 1 amide bonds. The van der Waals surface area contributed by atoms with E-state index in [-0.39, 0.29) is 17.9 Å². The van der Waals surface area contributed by atoms with E-state index in [0.717, 1.165) is 26.7 Å². The van der Waals surface area contributed by atoms with E-state index in [1.54, 1.807) is 0 Å². The number of carbonyl (C=O) groups excluding carboxylic acids is 1. The predicted molar refractivity (Wildman–Crippen MR) is 125 cm³/mol. The molecule has 4 aromatic rings. The molecule has 148 valence electrons. The summed E-state index contributed by atoms with van der Waals surface area (Å²) in [5.41, 5.74) is 4.01. The maximum atomic E-state index is 13.7. The second-order valence-corrected chi connectivity index (χ2v) is 7.98. The molecule has 0 aliphatic rings. The van der Waals surface area contributed by atoms with Crippen molar-refractivity contribution in [2.24, 2.45) is 0 Å². The van der Waals surface area contributed by atoms with Gasteiger partial charge in [0.25, 0.3) is 0 Å². The number of halogens is 1. The van der Waals surface area contributed by atoms with Crippen LogP contribution in [0.3, 0.4) is 0 Å². The molecule has 4 aromatic carbocycles. The van der Waals surface area contributed by atoms with Gasteiger partial charge in [0, 0.05) is 4.47 Å². The lowest BCUT2D eigenvalue weighted by Crippen LogP contribution is -2.34. The summed E-state index contributed by atoms with van der Waals surface area (Å²) in [5.74, 6) is -0.418. The maximum Gasteiger partial charge on any atom is 0.232 e. The zero-order valence-electron chi connectivity index (χ0n) is 16.4. The third-order valence-electron chi connectivity index (χ3n) is 5.16. The van der Waals surface area contributed by atoms with Crippen molar-refractivity contribution < 1.29 is 4.79 Å². The van der Waals surface area contributed by atoms with Crippen LogP contribution in [0.25, 0.3) is 0 Å². The quantitative estimate of drug-likeness (QED) is 0.353. The highest BCUT2D eigenvalue weighted by Gasteiger charge is 2.26. The minimum Gasteiger partial charge on any atom is -0.344 e. The van der Waals surface area contributed by atoms with E-state index in [0.29, 0.717) is 0 Å². The van der Waals surface area contributed by atoms with Crippen molar-refractivity contribution in [3.8, 4) is 0 Å². The van der Waals surface area contributed by atoms with Crippen LogP contribution in [-0.2, 0) is 4.79 Å². The normalized spacial score (nSPS) is 11.8. The summed E-state index contributed by atoms with van der Waals surface area (Å²) in [6.07, 6.45) is 0. The van der Waals surface area contributed by atoms with Gasteiger partial charge in [-0.2, -0.15) is 0 Å². The SMILES string of the molecule is O=C(N[C@@H](c1ccccc1)c1ccccc1Br)C(c1ccccc1)c1ccccc1. The average molecular weight is 456 g/mol. The topological polar surface area (TPSA) is 29.1 Å². The number of benzene rings is 4. The number of amides is 1. The predicted octanol–water partition coefficient (Wildman–Crippen LogP) is 6.49. The first-order valence-electron chi connectivity index (χ1n) is 9.93. The van der Waals surface area contributed by atoms with Crippen molar-refractivity contribution in [1.82, 2.24) is 5.32 Å². The first-order chi connectivity index (χ1) is 14.7. The number of hydrogen-bond acceptors (Lipinski definition) is 1. The summed E-state index contributed by atoms with van der Waals surface area (Å²) < 4.78 is 0.968. The molecule has 0 aliphatic heterocycles. The Labute approximate surface area is 185 Å². The molecule has 0 spiro atoms. The molecule has 30 heavy (non-hydrogen) atoms. The van der Waals surface area contributed by atoms with Gasteiger partial charge in [-0.05, 0) is 28.3 Å². The van der Waals surface area contributed by atoms with Crippen LogP contribution in [-0.4, -0.2) is 5.91 Å². The number of hydrogen-bond donors (Lipinski definition) is 1. The summed E-state index contributed by atoms with van der Waals surface area (Å²) in [6.45, 7) is 0. The lowest BCUT2D eigenvalue weighted by molar-refractivity contribution is -0.122. The van der Waals surface area contributed by atoms with Gasteiger partial charge in [0.1, 0.15) is 0 Å². The molecule has 0 fully saturated rings. The van der Waals surface area contributed by atoms with Crippen LogP contribution >= 0.6 is 15.9 Å². The largest absolute Gasteiger partial charge is 0.344 e. The molecule has 1 atom stereocenters. The highest BCUT2D eigenvalue weighted by Crippen LogP contribution is 2.31. The number of nitrogens with one attached hydrogen (secondary N) is 1. The Morgan fingerprint density at radius 3 is 1.53 bits per heavy atom. The lowest BCUT2D eigenvalue weighted by atomic mass is 9.89. The minimum absolute atomic E-state index is 0.0305. The highest BCUT2D eigenvalue weighted by atomic mass is 79.9. The molecule has 0 heterocycles. The van der Waals surface area contributed by atoms with Gasteiger partial charge < -0.3 is 5.32 Å². The van der Waals surface area contributed by atoms with E-state index in [4.69, 9.17) is 0 Å². The molecule has 4 rings (SSSR count). The monoisotopic (exact) mass is 455 g/mol. The fourth-order valence-corrected chi connectivity index (χ4v) is 4.22. The van der Waals surface area contributed by atoms with Gasteiger partial charge in [-0.25, -0.2) is 0 Å². The van der Waals surface area contributed by atoms with Crippen LogP contribution in [0.15, 0.2) is 120 Å². The summed E-state index contributed by atoms with van der Waals surface area (Å²) in [4.78, 5) is 13.7. The Hall–Kier alpha value is -3.17.